The Hall–Kier alpha value is -2.43. The Morgan fingerprint density at radius 3 is 2.48 bits per heavy atom. The van der Waals surface area contributed by atoms with Crippen LogP contribution in [0.2, 0.25) is 0 Å². The molecule has 21 heavy (non-hydrogen) atoms. The summed E-state index contributed by atoms with van der Waals surface area (Å²) < 4.78 is 2.60. The van der Waals surface area contributed by atoms with E-state index in [4.69, 9.17) is 0 Å². The van der Waals surface area contributed by atoms with Crippen LogP contribution in [-0.2, 0) is 26.9 Å². The van der Waals surface area contributed by atoms with Gasteiger partial charge < -0.3 is 0 Å². The lowest BCUT2D eigenvalue weighted by molar-refractivity contribution is 0.682. The Morgan fingerprint density at radius 1 is 1.05 bits per heavy atom. The third-order valence-corrected chi connectivity index (χ3v) is 3.91. The maximum Gasteiger partial charge on any atom is 0.332 e. The molecule has 1 aromatic heterocycles. The minimum absolute atomic E-state index is 0.230. The van der Waals surface area contributed by atoms with Gasteiger partial charge in [0.1, 0.15) is 5.82 Å². The predicted molar refractivity (Wildman–Crippen MR) is 82.5 cm³/mol. The molecule has 1 aliphatic heterocycles. The first kappa shape index (κ1) is 13.5. The number of hydrogen-bond acceptors (Lipinski definition) is 3. The largest absolute Gasteiger partial charge is 0.332 e. The number of aryl methyl sites for hydroxylation is 1. The molecule has 108 valence electrons. The van der Waals surface area contributed by atoms with E-state index < -0.39 is 0 Å². The highest BCUT2D eigenvalue weighted by Crippen LogP contribution is 2.23. The summed E-state index contributed by atoms with van der Waals surface area (Å²) in [4.78, 5) is 28.5. The number of nitrogens with zero attached hydrogens (tertiary/aromatic N) is 3. The fourth-order valence-corrected chi connectivity index (χ4v) is 2.67. The molecule has 0 unspecified atom stereocenters. The van der Waals surface area contributed by atoms with Crippen molar-refractivity contribution in [2.24, 2.45) is 19.1 Å². The van der Waals surface area contributed by atoms with Gasteiger partial charge in [-0.25, -0.2) is 9.79 Å². The highest BCUT2D eigenvalue weighted by molar-refractivity contribution is 5.93. The van der Waals surface area contributed by atoms with Gasteiger partial charge >= 0.3 is 5.69 Å². The number of aliphatic imine (C=N–C) groups is 1. The average Bonchev–Trinajstić information content (AvgIpc) is 2.94. The van der Waals surface area contributed by atoms with Crippen molar-refractivity contribution in [2.75, 3.05) is 0 Å². The zero-order valence-electron chi connectivity index (χ0n) is 12.2. The van der Waals surface area contributed by atoms with Crippen LogP contribution in [0.25, 0.3) is 0 Å². The standard InChI is InChI=1S/C16H17N3O2/c1-18-14-13(15(20)19(2)16(18)21)10-12(17-14)9-8-11-6-4-3-5-7-11/h3-7H,8-10H2,1-2H3. The van der Waals surface area contributed by atoms with E-state index in [9.17, 15) is 9.59 Å². The van der Waals surface area contributed by atoms with Crippen LogP contribution < -0.4 is 11.2 Å². The van der Waals surface area contributed by atoms with Crippen LogP contribution in [0.3, 0.4) is 0 Å². The van der Waals surface area contributed by atoms with Crippen molar-refractivity contribution in [1.82, 2.24) is 9.13 Å². The van der Waals surface area contributed by atoms with E-state index in [1.54, 1.807) is 7.05 Å². The first-order chi connectivity index (χ1) is 10.1. The zero-order valence-corrected chi connectivity index (χ0v) is 12.2. The number of aromatic nitrogens is 2. The molecule has 0 spiro atoms. The Balaban J connectivity index is 1.86. The van der Waals surface area contributed by atoms with Crippen molar-refractivity contribution < 1.29 is 0 Å². The quantitative estimate of drug-likeness (QED) is 0.853. The number of hydrogen-bond donors (Lipinski definition) is 0. The minimum atomic E-state index is -0.327. The molecule has 0 radical (unpaired) electrons. The molecule has 0 aliphatic carbocycles. The molecule has 1 aliphatic rings. The van der Waals surface area contributed by atoms with Gasteiger partial charge in [0, 0.05) is 26.2 Å². The molecule has 0 fully saturated rings. The van der Waals surface area contributed by atoms with E-state index in [1.165, 1.54) is 17.2 Å². The van der Waals surface area contributed by atoms with Gasteiger partial charge in [-0.05, 0) is 18.4 Å². The lowest BCUT2D eigenvalue weighted by Crippen LogP contribution is -2.38. The van der Waals surface area contributed by atoms with Gasteiger partial charge in [0.05, 0.1) is 5.56 Å². The first-order valence-corrected chi connectivity index (χ1v) is 6.97. The molecular formula is C16H17N3O2. The summed E-state index contributed by atoms with van der Waals surface area (Å²) in [5.74, 6) is 0.520. The normalized spacial score (nSPS) is 13.1. The highest BCUT2D eigenvalue weighted by Gasteiger charge is 2.22. The second-order valence-corrected chi connectivity index (χ2v) is 5.35. The van der Waals surface area contributed by atoms with Crippen LogP contribution in [-0.4, -0.2) is 14.8 Å². The maximum atomic E-state index is 12.1. The second kappa shape index (κ2) is 5.16. The first-order valence-electron chi connectivity index (χ1n) is 6.97. The lowest BCUT2D eigenvalue weighted by atomic mass is 10.0. The second-order valence-electron chi connectivity index (χ2n) is 5.35. The van der Waals surface area contributed by atoms with Gasteiger partial charge in [0.15, 0.2) is 0 Å². The summed E-state index contributed by atoms with van der Waals surface area (Å²) in [6, 6.07) is 10.2. The summed E-state index contributed by atoms with van der Waals surface area (Å²) >= 11 is 0. The molecule has 0 bridgehead atoms. The maximum absolute atomic E-state index is 12.1. The summed E-state index contributed by atoms with van der Waals surface area (Å²) in [7, 11) is 3.16. The molecular weight excluding hydrogens is 266 g/mol. The monoisotopic (exact) mass is 283 g/mol. The molecule has 5 heteroatoms. The summed E-state index contributed by atoms with van der Waals surface area (Å²) in [6.07, 6.45) is 2.24. The molecule has 3 rings (SSSR count). The Morgan fingerprint density at radius 2 is 1.76 bits per heavy atom. The van der Waals surface area contributed by atoms with E-state index in [0.717, 1.165) is 23.1 Å². The van der Waals surface area contributed by atoms with E-state index in [0.29, 0.717) is 17.8 Å². The molecule has 0 atom stereocenters. The Kier molecular flexibility index (Phi) is 3.33. The van der Waals surface area contributed by atoms with Crippen LogP contribution in [0, 0.1) is 0 Å². The van der Waals surface area contributed by atoms with E-state index in [2.05, 4.69) is 17.1 Å². The van der Waals surface area contributed by atoms with Crippen molar-refractivity contribution in [2.45, 2.75) is 19.3 Å². The molecule has 5 nitrogen and oxygen atoms in total. The van der Waals surface area contributed by atoms with Crippen molar-refractivity contribution in [3.8, 4) is 0 Å². The fourth-order valence-electron chi connectivity index (χ4n) is 2.67. The third-order valence-electron chi connectivity index (χ3n) is 3.91. The van der Waals surface area contributed by atoms with Gasteiger partial charge in [0.2, 0.25) is 0 Å². The molecule has 0 saturated carbocycles. The van der Waals surface area contributed by atoms with E-state index >= 15 is 0 Å². The van der Waals surface area contributed by atoms with Crippen molar-refractivity contribution >= 4 is 11.5 Å². The van der Waals surface area contributed by atoms with Crippen LogP contribution >= 0.6 is 0 Å². The van der Waals surface area contributed by atoms with Crippen LogP contribution in [0.4, 0.5) is 5.82 Å². The minimum Gasteiger partial charge on any atom is -0.281 e. The summed E-state index contributed by atoms with van der Waals surface area (Å²) in [5.41, 5.74) is 2.28. The van der Waals surface area contributed by atoms with Gasteiger partial charge in [0.25, 0.3) is 5.56 Å². The lowest BCUT2D eigenvalue weighted by Gasteiger charge is -2.05. The van der Waals surface area contributed by atoms with Crippen LogP contribution in [0.5, 0.6) is 0 Å². The number of fused-ring (bicyclic) bond motifs is 1. The fraction of sp³-hybridized carbons (Fsp3) is 0.312. The molecule has 2 aromatic rings. The highest BCUT2D eigenvalue weighted by atomic mass is 16.2. The van der Waals surface area contributed by atoms with Crippen LogP contribution in [0.1, 0.15) is 17.5 Å². The topological polar surface area (TPSA) is 56.4 Å². The predicted octanol–water partition coefficient (Wildman–Crippen LogP) is 1.35. The van der Waals surface area contributed by atoms with Crippen LogP contribution in [0.15, 0.2) is 44.9 Å². The smallest absolute Gasteiger partial charge is 0.281 e. The van der Waals surface area contributed by atoms with Gasteiger partial charge in [-0.2, -0.15) is 0 Å². The van der Waals surface area contributed by atoms with E-state index in [-0.39, 0.29) is 11.2 Å². The van der Waals surface area contributed by atoms with Gasteiger partial charge in [-0.3, -0.25) is 13.9 Å². The summed E-state index contributed by atoms with van der Waals surface area (Å²) in [6.45, 7) is 0. The van der Waals surface area contributed by atoms with Crippen molar-refractivity contribution in [3.05, 3.63) is 62.3 Å². The third kappa shape index (κ3) is 2.35. The Labute approximate surface area is 122 Å². The van der Waals surface area contributed by atoms with E-state index in [1.807, 2.05) is 18.2 Å². The van der Waals surface area contributed by atoms with Crippen molar-refractivity contribution in [3.63, 3.8) is 0 Å². The molecule has 0 saturated heterocycles. The van der Waals surface area contributed by atoms with Gasteiger partial charge in [-0.15, -0.1) is 0 Å². The zero-order chi connectivity index (χ0) is 15.0. The molecule has 0 amide bonds. The molecule has 2 heterocycles. The number of benzene rings is 1. The number of rotatable bonds is 3. The average molecular weight is 283 g/mol. The molecule has 1 aromatic carbocycles. The molecule has 0 N–H and O–H groups in total. The summed E-state index contributed by atoms with van der Waals surface area (Å²) in [5, 5.41) is 0. The van der Waals surface area contributed by atoms with Crippen molar-refractivity contribution in [1.29, 1.82) is 0 Å². The SMILES string of the molecule is Cn1c2c(c(=O)n(C)c1=O)CC(CCc1ccccc1)=N2. The Bertz CT molecular complexity index is 829. The van der Waals surface area contributed by atoms with Gasteiger partial charge in [-0.1, -0.05) is 30.3 Å².